The van der Waals surface area contributed by atoms with E-state index in [-0.39, 0.29) is 34.5 Å². The Labute approximate surface area is 203 Å². The number of methoxy groups -OCH3 is 1. The molecule has 0 fully saturated rings. The number of hydrogen-bond donors (Lipinski definition) is 1. The third-order valence-corrected chi connectivity index (χ3v) is 6.23. The number of halogens is 1. The number of nitro groups is 1. The van der Waals surface area contributed by atoms with Gasteiger partial charge >= 0.3 is 0 Å². The average molecular weight is 500 g/mol. The van der Waals surface area contributed by atoms with Gasteiger partial charge in [0.2, 0.25) is 5.17 Å². The molecule has 4 rings (SSSR count). The summed E-state index contributed by atoms with van der Waals surface area (Å²) in [5.41, 5.74) is 1.28. The summed E-state index contributed by atoms with van der Waals surface area (Å²) < 4.78 is 11.2. The quantitative estimate of drug-likeness (QED) is 0.327. The first-order chi connectivity index (χ1) is 16.3. The molecule has 0 aliphatic carbocycles. The van der Waals surface area contributed by atoms with Gasteiger partial charge in [0.25, 0.3) is 11.6 Å². The van der Waals surface area contributed by atoms with Crippen LogP contribution in [0.5, 0.6) is 11.5 Å². The minimum Gasteiger partial charge on any atom is -0.493 e. The third-order valence-electron chi connectivity index (χ3n) is 4.89. The van der Waals surface area contributed by atoms with E-state index in [1.54, 1.807) is 24.3 Å². The number of amides is 1. The lowest BCUT2D eigenvalue weighted by molar-refractivity contribution is -0.384. The summed E-state index contributed by atoms with van der Waals surface area (Å²) in [4.78, 5) is 26.9. The molecule has 1 amide bonds. The molecule has 0 unspecified atom stereocenters. The molecule has 0 atom stereocenters. The number of carbonyl (C=O) groups excluding carboxylic acids is 1. The van der Waals surface area contributed by atoms with E-state index in [0.717, 1.165) is 5.04 Å². The largest absolute Gasteiger partial charge is 0.493 e. The van der Waals surface area contributed by atoms with Gasteiger partial charge in [-0.15, -0.1) is 0 Å². The second-order valence-corrected chi connectivity index (χ2v) is 8.56. The number of hydrazone groups is 1. The van der Waals surface area contributed by atoms with Crippen molar-refractivity contribution in [2.75, 3.05) is 7.11 Å². The molecule has 2 aromatic carbocycles. The van der Waals surface area contributed by atoms with Gasteiger partial charge in [-0.05, 0) is 59.7 Å². The Kier molecular flexibility index (Phi) is 6.66. The number of nitrogens with zero attached hydrogens (tertiary/aromatic N) is 4. The Bertz CT molecular complexity index is 1290. The third kappa shape index (κ3) is 4.66. The molecule has 10 nitrogen and oxygen atoms in total. The highest BCUT2D eigenvalue weighted by atomic mass is 35.5. The van der Waals surface area contributed by atoms with Crippen molar-refractivity contribution in [2.45, 2.75) is 20.0 Å². The van der Waals surface area contributed by atoms with Crippen LogP contribution in [0.4, 0.5) is 5.69 Å². The molecule has 0 aromatic heterocycles. The van der Waals surface area contributed by atoms with Crippen molar-refractivity contribution >= 4 is 57.1 Å². The summed E-state index contributed by atoms with van der Waals surface area (Å²) in [5.74, 6) is -0.00385. The van der Waals surface area contributed by atoms with Gasteiger partial charge in [-0.3, -0.25) is 20.3 Å². The van der Waals surface area contributed by atoms with Crippen molar-refractivity contribution in [1.29, 1.82) is 5.41 Å². The van der Waals surface area contributed by atoms with E-state index in [1.165, 1.54) is 42.1 Å². The number of non-ortho nitro benzene ring substituents is 1. The molecule has 0 radical (unpaired) electrons. The van der Waals surface area contributed by atoms with Gasteiger partial charge in [0.15, 0.2) is 17.3 Å². The van der Waals surface area contributed by atoms with Crippen molar-refractivity contribution in [1.82, 2.24) is 5.01 Å². The molecule has 12 heteroatoms. The van der Waals surface area contributed by atoms with Gasteiger partial charge in [-0.25, -0.2) is 0 Å². The predicted molar refractivity (Wildman–Crippen MR) is 131 cm³/mol. The molecular formula is C22H18ClN5O5S. The number of benzene rings is 2. The summed E-state index contributed by atoms with van der Waals surface area (Å²) >= 11 is 7.71. The van der Waals surface area contributed by atoms with E-state index < -0.39 is 10.8 Å². The lowest BCUT2D eigenvalue weighted by Gasteiger charge is -2.20. The Morgan fingerprint density at radius 2 is 2.03 bits per heavy atom. The van der Waals surface area contributed by atoms with Crippen molar-refractivity contribution in [3.63, 3.8) is 0 Å². The number of amidine groups is 2. The molecular weight excluding hydrogens is 482 g/mol. The van der Waals surface area contributed by atoms with Gasteiger partial charge in [-0.2, -0.15) is 15.1 Å². The van der Waals surface area contributed by atoms with Crippen LogP contribution < -0.4 is 9.47 Å². The highest BCUT2D eigenvalue weighted by Gasteiger charge is 2.35. The van der Waals surface area contributed by atoms with E-state index in [0.29, 0.717) is 28.5 Å². The number of fused-ring (bicyclic) bond motifs is 1. The molecule has 2 heterocycles. The van der Waals surface area contributed by atoms with Crippen LogP contribution in [-0.2, 0) is 11.4 Å². The van der Waals surface area contributed by atoms with E-state index in [9.17, 15) is 14.9 Å². The minimum absolute atomic E-state index is 0.0137. The van der Waals surface area contributed by atoms with Crippen molar-refractivity contribution in [3.8, 4) is 11.5 Å². The SMILES string of the molecule is CCC1=NN2C(=N)C(=Cc3cc(Cl)c(OCc4ccc([N+](=O)[O-])cc4)c(OC)c3)C(=O)N=C2S1. The molecule has 0 spiro atoms. The molecule has 174 valence electrons. The first-order valence-corrected chi connectivity index (χ1v) is 11.2. The predicted octanol–water partition coefficient (Wildman–Crippen LogP) is 4.86. The van der Waals surface area contributed by atoms with Crippen LogP contribution in [-0.4, -0.2) is 39.0 Å². The minimum atomic E-state index is -0.537. The Balaban J connectivity index is 1.58. The van der Waals surface area contributed by atoms with Gasteiger partial charge in [0.1, 0.15) is 11.7 Å². The maximum atomic E-state index is 12.6. The van der Waals surface area contributed by atoms with Crippen LogP contribution in [0.15, 0.2) is 52.1 Å². The topological polar surface area (TPSA) is 130 Å². The standard InChI is InChI=1S/C22H18ClN5O5S/c1-3-18-26-27-20(24)15(21(29)25-22(27)34-18)8-13-9-16(23)19(17(10-13)32-2)33-11-12-4-6-14(7-5-12)28(30)31/h4-10,24H,3,11H2,1-2H3. The summed E-state index contributed by atoms with van der Waals surface area (Å²) in [5, 5.41) is 26.3. The zero-order valence-corrected chi connectivity index (χ0v) is 19.6. The summed E-state index contributed by atoms with van der Waals surface area (Å²) in [6, 6.07) is 9.18. The lowest BCUT2D eigenvalue weighted by atomic mass is 10.1. The summed E-state index contributed by atoms with van der Waals surface area (Å²) in [7, 11) is 1.45. The van der Waals surface area contributed by atoms with Gasteiger partial charge in [-0.1, -0.05) is 18.5 Å². The Hall–Kier alpha value is -3.70. The van der Waals surface area contributed by atoms with Crippen LogP contribution in [0.25, 0.3) is 6.08 Å². The second-order valence-electron chi connectivity index (χ2n) is 7.11. The molecule has 1 N–H and O–H groups in total. The lowest BCUT2D eigenvalue weighted by Crippen LogP contribution is -2.35. The van der Waals surface area contributed by atoms with Crippen LogP contribution >= 0.6 is 23.4 Å². The fourth-order valence-electron chi connectivity index (χ4n) is 3.17. The Morgan fingerprint density at radius 3 is 2.68 bits per heavy atom. The summed E-state index contributed by atoms with van der Waals surface area (Å²) in [6.07, 6.45) is 2.18. The number of aliphatic imine (C=N–C) groups is 1. The Morgan fingerprint density at radius 1 is 1.29 bits per heavy atom. The van der Waals surface area contributed by atoms with Gasteiger partial charge in [0, 0.05) is 12.1 Å². The van der Waals surface area contributed by atoms with Crippen LogP contribution in [0.2, 0.25) is 5.02 Å². The van der Waals surface area contributed by atoms with Crippen LogP contribution in [0.1, 0.15) is 24.5 Å². The van der Waals surface area contributed by atoms with Gasteiger partial charge in [0.05, 0.1) is 22.6 Å². The van der Waals surface area contributed by atoms with Gasteiger partial charge < -0.3 is 9.47 Å². The maximum absolute atomic E-state index is 12.6. The molecule has 0 saturated carbocycles. The second kappa shape index (κ2) is 9.65. The molecule has 0 saturated heterocycles. The van der Waals surface area contributed by atoms with Crippen LogP contribution in [0, 0.1) is 15.5 Å². The molecule has 2 aliphatic heterocycles. The monoisotopic (exact) mass is 499 g/mol. The molecule has 0 bridgehead atoms. The first kappa shape index (κ1) is 23.5. The average Bonchev–Trinajstić information content (AvgIpc) is 3.24. The fourth-order valence-corrected chi connectivity index (χ4v) is 4.27. The first-order valence-electron chi connectivity index (χ1n) is 10.0. The molecule has 34 heavy (non-hydrogen) atoms. The zero-order valence-electron chi connectivity index (χ0n) is 18.1. The highest BCUT2D eigenvalue weighted by molar-refractivity contribution is 8.26. The summed E-state index contributed by atoms with van der Waals surface area (Å²) in [6.45, 7) is 2.05. The number of rotatable bonds is 7. The molecule has 2 aromatic rings. The van der Waals surface area contributed by atoms with E-state index in [1.807, 2.05) is 6.92 Å². The number of hydrogen-bond acceptors (Lipinski definition) is 8. The van der Waals surface area contributed by atoms with Crippen molar-refractivity contribution in [3.05, 3.63) is 68.2 Å². The number of thioether (sulfide) groups is 1. The van der Waals surface area contributed by atoms with Crippen LogP contribution in [0.3, 0.4) is 0 Å². The fraction of sp³-hybridized carbons (Fsp3) is 0.182. The number of nitro benzene ring substituents is 1. The number of ether oxygens (including phenoxy) is 2. The van der Waals surface area contributed by atoms with Crippen molar-refractivity contribution in [2.24, 2.45) is 10.1 Å². The number of carbonyl (C=O) groups is 1. The number of nitrogens with one attached hydrogen (secondary N) is 1. The maximum Gasteiger partial charge on any atom is 0.283 e. The zero-order chi connectivity index (χ0) is 24.4. The normalized spacial score (nSPS) is 16.3. The van der Waals surface area contributed by atoms with E-state index >= 15 is 0 Å². The highest BCUT2D eigenvalue weighted by Crippen LogP contribution is 2.38. The molecule has 2 aliphatic rings. The van der Waals surface area contributed by atoms with E-state index in [2.05, 4.69) is 10.1 Å². The van der Waals surface area contributed by atoms with Crippen molar-refractivity contribution < 1.29 is 19.2 Å². The van der Waals surface area contributed by atoms with E-state index in [4.69, 9.17) is 26.5 Å². The smallest absolute Gasteiger partial charge is 0.283 e.